The second-order valence-electron chi connectivity index (χ2n) is 5.47. The van der Waals surface area contributed by atoms with Crippen molar-refractivity contribution in [3.8, 4) is 6.07 Å². The summed E-state index contributed by atoms with van der Waals surface area (Å²) in [6, 6.07) is 12.8. The summed E-state index contributed by atoms with van der Waals surface area (Å²) < 4.78 is 0. The lowest BCUT2D eigenvalue weighted by atomic mass is 10.1. The van der Waals surface area contributed by atoms with Crippen molar-refractivity contribution in [3.05, 3.63) is 63.3 Å². The monoisotopic (exact) mass is 357 g/mol. The Bertz CT molecular complexity index is 1000. The number of nitriles is 1. The van der Waals surface area contributed by atoms with Gasteiger partial charge in [0.05, 0.1) is 21.3 Å². The van der Waals surface area contributed by atoms with Gasteiger partial charge >= 0.3 is 0 Å². The Hall–Kier alpha value is -2.48. The maximum absolute atomic E-state index is 12.9. The van der Waals surface area contributed by atoms with E-state index in [1.807, 2.05) is 25.1 Å². The van der Waals surface area contributed by atoms with Gasteiger partial charge in [-0.1, -0.05) is 40.9 Å². The number of nitrogens with one attached hydrogen (secondary N) is 1. The molecule has 0 aliphatic heterocycles. The molecule has 0 saturated heterocycles. The summed E-state index contributed by atoms with van der Waals surface area (Å²) in [5, 5.41) is 10.9. The molecule has 3 rings (SSSR count). The quantitative estimate of drug-likeness (QED) is 0.706. The summed E-state index contributed by atoms with van der Waals surface area (Å²) in [6.07, 6.45) is 0. The fraction of sp³-hybridized carbons (Fsp3) is 0.111. The van der Waals surface area contributed by atoms with E-state index >= 15 is 0 Å². The maximum Gasteiger partial charge on any atom is 0.275 e. The first-order chi connectivity index (χ1) is 11.4. The lowest BCUT2D eigenvalue weighted by Gasteiger charge is -2.18. The average molecular weight is 358 g/mol. The molecule has 120 valence electrons. The van der Waals surface area contributed by atoms with Crippen LogP contribution in [0.4, 0.5) is 5.69 Å². The second-order valence-corrected chi connectivity index (χ2v) is 6.26. The molecule has 0 saturated carbocycles. The molecule has 0 atom stereocenters. The van der Waals surface area contributed by atoms with E-state index in [0.29, 0.717) is 21.3 Å². The predicted molar refractivity (Wildman–Crippen MR) is 96.9 cm³/mol. The van der Waals surface area contributed by atoms with Gasteiger partial charge < -0.3 is 9.88 Å². The summed E-state index contributed by atoms with van der Waals surface area (Å²) in [6.45, 7) is 1.94. The molecular formula is C18H13Cl2N3O. The van der Waals surface area contributed by atoms with Crippen molar-refractivity contribution in [3.63, 3.8) is 0 Å². The molecule has 0 unspecified atom stereocenters. The lowest BCUT2D eigenvalue weighted by molar-refractivity contribution is 0.0989. The van der Waals surface area contributed by atoms with E-state index in [0.717, 1.165) is 16.5 Å². The molecule has 4 nitrogen and oxygen atoms in total. The number of fused-ring (bicyclic) bond motifs is 1. The zero-order valence-corrected chi connectivity index (χ0v) is 14.5. The first-order valence-electron chi connectivity index (χ1n) is 7.18. The van der Waals surface area contributed by atoms with Crippen molar-refractivity contribution in [2.24, 2.45) is 0 Å². The summed E-state index contributed by atoms with van der Waals surface area (Å²) in [4.78, 5) is 17.3. The topological polar surface area (TPSA) is 59.9 Å². The highest BCUT2D eigenvalue weighted by Gasteiger charge is 2.23. The van der Waals surface area contributed by atoms with Crippen LogP contribution < -0.4 is 4.90 Å². The van der Waals surface area contributed by atoms with E-state index < -0.39 is 0 Å². The van der Waals surface area contributed by atoms with Crippen LogP contribution >= 0.6 is 23.2 Å². The zero-order chi connectivity index (χ0) is 17.4. The van der Waals surface area contributed by atoms with E-state index in [9.17, 15) is 10.1 Å². The number of benzene rings is 2. The number of hydrogen-bond acceptors (Lipinski definition) is 2. The maximum atomic E-state index is 12.9. The molecule has 0 radical (unpaired) electrons. The SMILES string of the molecule is Cc1ccc2[nH]c(C(=O)N(C)c3cccc(Cl)c3Cl)c(C#N)c2c1. The minimum Gasteiger partial charge on any atom is -0.349 e. The highest BCUT2D eigenvalue weighted by molar-refractivity contribution is 6.44. The molecule has 1 amide bonds. The van der Waals surface area contributed by atoms with Crippen molar-refractivity contribution in [2.75, 3.05) is 11.9 Å². The number of carbonyl (C=O) groups excluding carboxylic acids is 1. The van der Waals surface area contributed by atoms with Gasteiger partial charge in [-0.15, -0.1) is 0 Å². The number of aromatic amines is 1. The number of carbonyl (C=O) groups is 1. The minimum absolute atomic E-state index is 0.233. The third-order valence-corrected chi connectivity index (χ3v) is 4.69. The van der Waals surface area contributed by atoms with Crippen LogP contribution in [-0.2, 0) is 0 Å². The van der Waals surface area contributed by atoms with Gasteiger partial charge in [0.1, 0.15) is 11.8 Å². The fourth-order valence-electron chi connectivity index (χ4n) is 2.61. The molecule has 24 heavy (non-hydrogen) atoms. The molecule has 6 heteroatoms. The van der Waals surface area contributed by atoms with E-state index in [-0.39, 0.29) is 11.6 Å². The van der Waals surface area contributed by atoms with Crippen LogP contribution in [-0.4, -0.2) is 17.9 Å². The van der Waals surface area contributed by atoms with Gasteiger partial charge in [-0.3, -0.25) is 4.79 Å². The van der Waals surface area contributed by atoms with E-state index in [1.165, 1.54) is 4.90 Å². The molecule has 1 aromatic heterocycles. The van der Waals surface area contributed by atoms with E-state index in [2.05, 4.69) is 11.1 Å². The molecule has 0 aliphatic rings. The largest absolute Gasteiger partial charge is 0.349 e. The Morgan fingerprint density at radius 1 is 1.25 bits per heavy atom. The number of rotatable bonds is 2. The van der Waals surface area contributed by atoms with Crippen LogP contribution in [0.1, 0.15) is 21.6 Å². The van der Waals surface area contributed by atoms with Gasteiger partial charge in [0.2, 0.25) is 0 Å². The number of amides is 1. The molecule has 1 N–H and O–H groups in total. The summed E-state index contributed by atoms with van der Waals surface area (Å²) >= 11 is 12.2. The summed E-state index contributed by atoms with van der Waals surface area (Å²) in [5.74, 6) is -0.357. The predicted octanol–water partition coefficient (Wildman–Crippen LogP) is 4.93. The van der Waals surface area contributed by atoms with Crippen molar-refractivity contribution in [2.45, 2.75) is 6.92 Å². The van der Waals surface area contributed by atoms with Crippen molar-refractivity contribution >= 4 is 45.7 Å². The fourth-order valence-corrected chi connectivity index (χ4v) is 3.03. The molecule has 0 spiro atoms. The molecule has 3 aromatic rings. The van der Waals surface area contributed by atoms with Crippen LogP contribution in [0.2, 0.25) is 10.0 Å². The Balaban J connectivity index is 2.12. The van der Waals surface area contributed by atoms with E-state index in [4.69, 9.17) is 23.2 Å². The van der Waals surface area contributed by atoms with Crippen molar-refractivity contribution in [1.82, 2.24) is 4.98 Å². The molecular weight excluding hydrogens is 345 g/mol. The minimum atomic E-state index is -0.357. The first-order valence-corrected chi connectivity index (χ1v) is 7.94. The molecule has 0 fully saturated rings. The first kappa shape index (κ1) is 16.4. The molecule has 0 aliphatic carbocycles. The van der Waals surface area contributed by atoms with Crippen molar-refractivity contribution in [1.29, 1.82) is 5.26 Å². The number of nitrogens with zero attached hydrogens (tertiary/aromatic N) is 2. The van der Waals surface area contributed by atoms with Crippen molar-refractivity contribution < 1.29 is 4.79 Å². The Labute approximate surface area is 149 Å². The normalized spacial score (nSPS) is 10.6. The van der Waals surface area contributed by atoms with Crippen LogP contribution in [0.3, 0.4) is 0 Å². The van der Waals surface area contributed by atoms with Gasteiger partial charge in [0.15, 0.2) is 0 Å². The number of aryl methyl sites for hydroxylation is 1. The Morgan fingerprint density at radius 2 is 2.00 bits per heavy atom. The highest BCUT2D eigenvalue weighted by Crippen LogP contribution is 2.33. The standard InChI is InChI=1S/C18H13Cl2N3O/c1-10-6-7-14-11(8-10)12(9-21)17(22-14)18(24)23(2)15-5-3-4-13(19)16(15)20/h3-8,22H,1-2H3. The number of H-pyrrole nitrogens is 1. The zero-order valence-electron chi connectivity index (χ0n) is 13.0. The second kappa shape index (κ2) is 6.20. The number of aromatic nitrogens is 1. The summed E-state index contributed by atoms with van der Waals surface area (Å²) in [5.41, 5.74) is 2.79. The van der Waals surface area contributed by atoms with Crippen LogP contribution in [0.25, 0.3) is 10.9 Å². The average Bonchev–Trinajstić information content (AvgIpc) is 2.93. The lowest BCUT2D eigenvalue weighted by Crippen LogP contribution is -2.27. The van der Waals surface area contributed by atoms with Gasteiger partial charge in [-0.05, 0) is 31.2 Å². The molecule has 0 bridgehead atoms. The number of halogens is 2. The van der Waals surface area contributed by atoms with Gasteiger partial charge in [0.25, 0.3) is 5.91 Å². The third kappa shape index (κ3) is 2.62. The number of anilines is 1. The van der Waals surface area contributed by atoms with Gasteiger partial charge in [0, 0.05) is 18.0 Å². The summed E-state index contributed by atoms with van der Waals surface area (Å²) in [7, 11) is 1.60. The van der Waals surface area contributed by atoms with Gasteiger partial charge in [-0.2, -0.15) is 5.26 Å². The highest BCUT2D eigenvalue weighted by atomic mass is 35.5. The number of hydrogen-bond donors (Lipinski definition) is 1. The van der Waals surface area contributed by atoms with Crippen LogP contribution in [0.15, 0.2) is 36.4 Å². The third-order valence-electron chi connectivity index (χ3n) is 3.88. The molecule has 2 aromatic carbocycles. The van der Waals surface area contributed by atoms with Crippen LogP contribution in [0, 0.1) is 18.3 Å². The molecule has 1 heterocycles. The van der Waals surface area contributed by atoms with Gasteiger partial charge in [-0.25, -0.2) is 0 Å². The van der Waals surface area contributed by atoms with Crippen LogP contribution in [0.5, 0.6) is 0 Å². The Morgan fingerprint density at radius 3 is 2.71 bits per heavy atom. The Kier molecular flexibility index (Phi) is 4.23. The van der Waals surface area contributed by atoms with E-state index in [1.54, 1.807) is 25.2 Å². The smallest absolute Gasteiger partial charge is 0.275 e.